The molecule has 3 aromatic carbocycles. The summed E-state index contributed by atoms with van der Waals surface area (Å²) >= 11 is 5.83. The summed E-state index contributed by atoms with van der Waals surface area (Å²) in [6.45, 7) is 0. The molecule has 0 aliphatic carbocycles. The maximum Gasteiger partial charge on any atom is 0.291 e. The summed E-state index contributed by atoms with van der Waals surface area (Å²) in [6.07, 6.45) is 0. The predicted molar refractivity (Wildman–Crippen MR) is 123 cm³/mol. The Kier molecular flexibility index (Phi) is 5.32. The molecule has 0 spiro atoms. The van der Waals surface area contributed by atoms with Gasteiger partial charge in [0.25, 0.3) is 5.91 Å². The van der Waals surface area contributed by atoms with Crippen LogP contribution in [0.3, 0.4) is 0 Å². The van der Waals surface area contributed by atoms with E-state index in [0.717, 1.165) is 5.56 Å². The number of ether oxygens (including phenoxy) is 1. The largest absolute Gasteiger partial charge is 0.497 e. The summed E-state index contributed by atoms with van der Waals surface area (Å²) in [6, 6.07) is 19.9. The van der Waals surface area contributed by atoms with Crippen molar-refractivity contribution in [1.82, 2.24) is 4.98 Å². The number of nitrogens with one attached hydrogen (secondary N) is 1. The fraction of sp³-hybridized carbons (Fsp3) is 0.0400. The van der Waals surface area contributed by atoms with Gasteiger partial charge < -0.3 is 18.9 Å². The van der Waals surface area contributed by atoms with Crippen LogP contribution < -0.4 is 10.1 Å². The first-order valence-electron chi connectivity index (χ1n) is 9.92. The van der Waals surface area contributed by atoms with Crippen molar-refractivity contribution in [3.8, 4) is 28.5 Å². The van der Waals surface area contributed by atoms with Gasteiger partial charge in [-0.15, -0.1) is 0 Å². The quantitative estimate of drug-likeness (QED) is 0.310. The van der Waals surface area contributed by atoms with E-state index in [0.29, 0.717) is 39.8 Å². The van der Waals surface area contributed by atoms with Crippen molar-refractivity contribution in [3.05, 3.63) is 89.4 Å². The lowest BCUT2D eigenvalue weighted by Gasteiger charge is -2.03. The molecule has 0 radical (unpaired) electrons. The Hall–Kier alpha value is -4.10. The number of aromatic nitrogens is 1. The zero-order valence-corrected chi connectivity index (χ0v) is 18.0. The molecule has 0 saturated carbocycles. The molecule has 164 valence electrons. The highest BCUT2D eigenvalue weighted by Crippen LogP contribution is 2.29. The van der Waals surface area contributed by atoms with Gasteiger partial charge >= 0.3 is 0 Å². The fourth-order valence-electron chi connectivity index (χ4n) is 3.34. The minimum Gasteiger partial charge on any atom is -0.497 e. The van der Waals surface area contributed by atoms with Crippen LogP contribution in [0.2, 0.25) is 5.02 Å². The van der Waals surface area contributed by atoms with E-state index in [2.05, 4.69) is 10.3 Å². The summed E-state index contributed by atoms with van der Waals surface area (Å²) in [5, 5.41) is 2.76. The normalized spacial score (nSPS) is 11.0. The van der Waals surface area contributed by atoms with E-state index in [-0.39, 0.29) is 10.8 Å². The predicted octanol–water partition coefficient (Wildman–Crippen LogP) is 6.81. The Morgan fingerprint density at radius 2 is 1.88 bits per heavy atom. The number of amides is 1. The molecular weight excluding hydrogens is 447 g/mol. The number of carbonyl (C=O) groups is 1. The molecule has 0 aliphatic rings. The molecule has 2 heterocycles. The van der Waals surface area contributed by atoms with Crippen LogP contribution in [0.25, 0.3) is 33.9 Å². The van der Waals surface area contributed by atoms with Crippen LogP contribution in [0, 0.1) is 5.82 Å². The highest BCUT2D eigenvalue weighted by Gasteiger charge is 2.15. The second kappa shape index (κ2) is 8.44. The van der Waals surface area contributed by atoms with E-state index in [1.54, 1.807) is 31.4 Å². The highest BCUT2D eigenvalue weighted by atomic mass is 35.5. The molecule has 0 atom stereocenters. The number of rotatable bonds is 5. The molecule has 0 bridgehead atoms. The molecular formula is C25H16ClFN2O4. The third-order valence-corrected chi connectivity index (χ3v) is 5.29. The van der Waals surface area contributed by atoms with Gasteiger partial charge in [0.05, 0.1) is 12.1 Å². The molecule has 8 heteroatoms. The van der Waals surface area contributed by atoms with Crippen LogP contribution in [0.1, 0.15) is 10.6 Å². The number of fused-ring (bicyclic) bond motifs is 1. The van der Waals surface area contributed by atoms with Gasteiger partial charge in [0, 0.05) is 16.8 Å². The Morgan fingerprint density at radius 3 is 2.70 bits per heavy atom. The smallest absolute Gasteiger partial charge is 0.291 e. The van der Waals surface area contributed by atoms with Gasteiger partial charge in [0.1, 0.15) is 22.8 Å². The maximum atomic E-state index is 13.4. The van der Waals surface area contributed by atoms with Crippen LogP contribution in [0.4, 0.5) is 10.1 Å². The average molecular weight is 463 g/mol. The molecule has 2 aromatic heterocycles. The maximum absolute atomic E-state index is 13.4. The lowest BCUT2D eigenvalue weighted by molar-refractivity contribution is 0.0997. The Labute approximate surface area is 192 Å². The number of oxazole rings is 1. The number of benzene rings is 3. The van der Waals surface area contributed by atoms with Crippen molar-refractivity contribution in [2.75, 3.05) is 12.4 Å². The standard InChI is InChI=1S/C25H16ClFN2O4/c1-31-17-4-2-3-15(11-17)25-29-20-13-16(6-8-22(20)33-25)28-24(30)23-10-9-21(32-23)14-5-7-19(27)18(26)12-14/h2-13H,1H3,(H,28,30). The van der Waals surface area contributed by atoms with Crippen molar-refractivity contribution >= 4 is 34.3 Å². The zero-order chi connectivity index (χ0) is 22.9. The van der Waals surface area contributed by atoms with Gasteiger partial charge in [-0.1, -0.05) is 17.7 Å². The van der Waals surface area contributed by atoms with Crippen LogP contribution in [-0.2, 0) is 0 Å². The van der Waals surface area contributed by atoms with Gasteiger partial charge in [-0.05, 0) is 66.7 Å². The van der Waals surface area contributed by atoms with Crippen molar-refractivity contribution < 1.29 is 22.8 Å². The van der Waals surface area contributed by atoms with Crippen molar-refractivity contribution in [2.24, 2.45) is 0 Å². The topological polar surface area (TPSA) is 77.5 Å². The van der Waals surface area contributed by atoms with Crippen molar-refractivity contribution in [2.45, 2.75) is 0 Å². The highest BCUT2D eigenvalue weighted by molar-refractivity contribution is 6.31. The van der Waals surface area contributed by atoms with Crippen LogP contribution in [0.15, 0.2) is 81.6 Å². The van der Waals surface area contributed by atoms with E-state index >= 15 is 0 Å². The summed E-state index contributed by atoms with van der Waals surface area (Å²) < 4.78 is 30.1. The van der Waals surface area contributed by atoms with Crippen LogP contribution >= 0.6 is 11.6 Å². The third-order valence-electron chi connectivity index (χ3n) is 5.00. The lowest BCUT2D eigenvalue weighted by Crippen LogP contribution is -2.10. The minimum atomic E-state index is -0.525. The minimum absolute atomic E-state index is 0.0240. The molecule has 0 fully saturated rings. The molecule has 0 saturated heterocycles. The molecule has 5 rings (SSSR count). The molecule has 33 heavy (non-hydrogen) atoms. The summed E-state index contributed by atoms with van der Waals surface area (Å²) in [5.41, 5.74) is 3.04. The number of carbonyl (C=O) groups excluding carboxylic acids is 1. The van der Waals surface area contributed by atoms with Crippen LogP contribution in [-0.4, -0.2) is 18.0 Å². The number of anilines is 1. The SMILES string of the molecule is COc1cccc(-c2nc3cc(NC(=O)c4ccc(-c5ccc(F)c(Cl)c5)o4)ccc3o2)c1. The monoisotopic (exact) mass is 462 g/mol. The van der Waals surface area contributed by atoms with Gasteiger partial charge in [-0.3, -0.25) is 4.79 Å². The van der Waals surface area contributed by atoms with Crippen molar-refractivity contribution in [1.29, 1.82) is 0 Å². The van der Waals surface area contributed by atoms with E-state index < -0.39 is 11.7 Å². The number of methoxy groups -OCH3 is 1. The first-order chi connectivity index (χ1) is 16.0. The number of furan rings is 1. The van der Waals surface area contributed by atoms with E-state index in [1.165, 1.54) is 24.3 Å². The molecule has 0 aliphatic heterocycles. The molecule has 1 amide bonds. The van der Waals surface area contributed by atoms with Gasteiger partial charge in [0.15, 0.2) is 11.3 Å². The second-order valence-electron chi connectivity index (χ2n) is 7.18. The third kappa shape index (κ3) is 4.18. The van der Waals surface area contributed by atoms with Gasteiger partial charge in [-0.25, -0.2) is 9.37 Å². The first kappa shape index (κ1) is 20.8. The number of halogens is 2. The summed E-state index contributed by atoms with van der Waals surface area (Å²) in [7, 11) is 1.59. The lowest BCUT2D eigenvalue weighted by atomic mass is 10.2. The molecule has 5 aromatic rings. The molecule has 6 nitrogen and oxygen atoms in total. The number of nitrogens with zero attached hydrogens (tertiary/aromatic N) is 1. The molecule has 0 unspecified atom stereocenters. The molecule has 1 N–H and O–H groups in total. The Balaban J connectivity index is 1.36. The van der Waals surface area contributed by atoms with E-state index in [1.807, 2.05) is 24.3 Å². The second-order valence-corrected chi connectivity index (χ2v) is 7.59. The summed E-state index contributed by atoms with van der Waals surface area (Å²) in [4.78, 5) is 17.2. The Bertz CT molecular complexity index is 1490. The first-order valence-corrected chi connectivity index (χ1v) is 10.3. The van der Waals surface area contributed by atoms with E-state index in [9.17, 15) is 9.18 Å². The summed E-state index contributed by atoms with van der Waals surface area (Å²) in [5.74, 6) is 0.678. The van der Waals surface area contributed by atoms with Gasteiger partial charge in [-0.2, -0.15) is 0 Å². The number of hydrogen-bond acceptors (Lipinski definition) is 5. The van der Waals surface area contributed by atoms with Crippen molar-refractivity contribution in [3.63, 3.8) is 0 Å². The van der Waals surface area contributed by atoms with E-state index in [4.69, 9.17) is 25.2 Å². The fourth-order valence-corrected chi connectivity index (χ4v) is 3.52. The zero-order valence-electron chi connectivity index (χ0n) is 17.3. The number of hydrogen-bond donors (Lipinski definition) is 1. The van der Waals surface area contributed by atoms with Gasteiger partial charge in [0.2, 0.25) is 5.89 Å². The Morgan fingerprint density at radius 1 is 1.00 bits per heavy atom. The average Bonchev–Trinajstić information content (AvgIpc) is 3.48. The van der Waals surface area contributed by atoms with Crippen LogP contribution in [0.5, 0.6) is 5.75 Å².